The second-order valence-corrected chi connectivity index (χ2v) is 6.36. The number of amidine groups is 1. The van der Waals surface area contributed by atoms with Gasteiger partial charge >= 0.3 is 0 Å². The van der Waals surface area contributed by atoms with Gasteiger partial charge in [0.25, 0.3) is 5.91 Å². The Morgan fingerprint density at radius 3 is 2.44 bits per heavy atom. The molecule has 0 saturated heterocycles. The molecule has 138 valence electrons. The molecule has 4 rings (SSSR count). The maximum Gasteiger partial charge on any atom is 0.254 e. The zero-order chi connectivity index (χ0) is 18.8. The van der Waals surface area contributed by atoms with Crippen LogP contribution < -0.4 is 5.48 Å². The number of nitrogens with zero attached hydrogens (tertiary/aromatic N) is 2. The Hall–Kier alpha value is -3.06. The minimum Gasteiger partial charge on any atom is -0.334 e. The molecule has 0 aliphatic carbocycles. The highest BCUT2D eigenvalue weighted by Crippen LogP contribution is 2.21. The molecule has 5 nitrogen and oxygen atoms in total. The summed E-state index contributed by atoms with van der Waals surface area (Å²) < 4.78 is 26.1. The van der Waals surface area contributed by atoms with E-state index in [2.05, 4.69) is 10.5 Å². The molecule has 1 N–H and O–H groups in total. The quantitative estimate of drug-likeness (QED) is 0.846. The molecular weight excluding hydrogens is 352 g/mol. The SMILES string of the molecule is O=C(c1ccc(F)cc1)N1CCC=C([C@H]2N=C(c3ccc(F)cc3)NO2)C1. The predicted molar refractivity (Wildman–Crippen MR) is 95.9 cm³/mol. The molecule has 0 unspecified atom stereocenters. The van der Waals surface area contributed by atoms with Crippen LogP contribution >= 0.6 is 0 Å². The summed E-state index contributed by atoms with van der Waals surface area (Å²) in [5.41, 5.74) is 4.79. The van der Waals surface area contributed by atoms with E-state index < -0.39 is 6.23 Å². The van der Waals surface area contributed by atoms with Gasteiger partial charge in [-0.15, -0.1) is 0 Å². The number of carbonyl (C=O) groups is 1. The summed E-state index contributed by atoms with van der Waals surface area (Å²) >= 11 is 0. The summed E-state index contributed by atoms with van der Waals surface area (Å²) in [4.78, 5) is 24.4. The Kier molecular flexibility index (Phi) is 4.68. The van der Waals surface area contributed by atoms with Crippen LogP contribution in [0.5, 0.6) is 0 Å². The van der Waals surface area contributed by atoms with E-state index in [0.717, 1.165) is 11.1 Å². The highest BCUT2D eigenvalue weighted by atomic mass is 19.1. The molecule has 0 radical (unpaired) electrons. The number of hydrogen-bond acceptors (Lipinski definition) is 4. The summed E-state index contributed by atoms with van der Waals surface area (Å²) in [6, 6.07) is 11.5. The Bertz CT molecular complexity index is 908. The van der Waals surface area contributed by atoms with Crippen molar-refractivity contribution in [3.05, 3.63) is 82.9 Å². The first-order valence-corrected chi connectivity index (χ1v) is 8.59. The first-order valence-electron chi connectivity index (χ1n) is 8.59. The van der Waals surface area contributed by atoms with Gasteiger partial charge in [-0.1, -0.05) is 6.08 Å². The minimum absolute atomic E-state index is 0.158. The van der Waals surface area contributed by atoms with Crippen molar-refractivity contribution in [1.82, 2.24) is 10.4 Å². The van der Waals surface area contributed by atoms with E-state index in [0.29, 0.717) is 30.9 Å². The molecular formula is C20H17F2N3O2. The van der Waals surface area contributed by atoms with Crippen LogP contribution in [0.15, 0.2) is 65.2 Å². The van der Waals surface area contributed by atoms with E-state index in [1.807, 2.05) is 6.08 Å². The molecule has 0 saturated carbocycles. The number of halogens is 2. The van der Waals surface area contributed by atoms with Gasteiger partial charge in [0.2, 0.25) is 6.23 Å². The number of carbonyl (C=O) groups excluding carboxylic acids is 1. The number of amides is 1. The van der Waals surface area contributed by atoms with E-state index in [-0.39, 0.29) is 17.5 Å². The molecule has 0 bridgehead atoms. The number of rotatable bonds is 3. The highest BCUT2D eigenvalue weighted by Gasteiger charge is 2.28. The zero-order valence-electron chi connectivity index (χ0n) is 14.4. The molecule has 7 heteroatoms. The van der Waals surface area contributed by atoms with Crippen molar-refractivity contribution >= 4 is 11.7 Å². The van der Waals surface area contributed by atoms with Crippen molar-refractivity contribution < 1.29 is 18.4 Å². The van der Waals surface area contributed by atoms with Crippen LogP contribution in [0.2, 0.25) is 0 Å². The summed E-state index contributed by atoms with van der Waals surface area (Å²) in [6.45, 7) is 0.956. The molecule has 2 aromatic rings. The third-order valence-electron chi connectivity index (χ3n) is 4.51. The van der Waals surface area contributed by atoms with Gasteiger partial charge in [0, 0.05) is 24.2 Å². The molecule has 2 aliphatic heterocycles. The topological polar surface area (TPSA) is 53.9 Å². The van der Waals surface area contributed by atoms with Gasteiger partial charge in [-0.2, -0.15) is 0 Å². The van der Waals surface area contributed by atoms with Crippen LogP contribution in [0.3, 0.4) is 0 Å². The van der Waals surface area contributed by atoms with E-state index in [1.165, 1.54) is 36.4 Å². The van der Waals surface area contributed by atoms with Crippen LogP contribution in [0.25, 0.3) is 0 Å². The van der Waals surface area contributed by atoms with Gasteiger partial charge < -0.3 is 4.90 Å². The Morgan fingerprint density at radius 2 is 1.74 bits per heavy atom. The third kappa shape index (κ3) is 3.73. The fraction of sp³-hybridized carbons (Fsp3) is 0.200. The van der Waals surface area contributed by atoms with Gasteiger partial charge in [-0.05, 0) is 60.5 Å². The van der Waals surface area contributed by atoms with Gasteiger partial charge in [0.1, 0.15) is 11.6 Å². The van der Waals surface area contributed by atoms with Gasteiger partial charge in [-0.3, -0.25) is 4.79 Å². The molecule has 2 aliphatic rings. The average molecular weight is 369 g/mol. The summed E-state index contributed by atoms with van der Waals surface area (Å²) in [5.74, 6) is -0.337. The number of aliphatic imine (C=N–C) groups is 1. The normalized spacial score (nSPS) is 19.3. The smallest absolute Gasteiger partial charge is 0.254 e. The van der Waals surface area contributed by atoms with Crippen LogP contribution in [-0.2, 0) is 4.84 Å². The second kappa shape index (κ2) is 7.28. The molecule has 1 atom stereocenters. The van der Waals surface area contributed by atoms with Crippen molar-refractivity contribution in [3.63, 3.8) is 0 Å². The summed E-state index contributed by atoms with van der Waals surface area (Å²) in [5, 5.41) is 0. The van der Waals surface area contributed by atoms with Gasteiger partial charge in [0.05, 0.1) is 0 Å². The van der Waals surface area contributed by atoms with Crippen LogP contribution in [0, 0.1) is 11.6 Å². The molecule has 0 aromatic heterocycles. The lowest BCUT2D eigenvalue weighted by atomic mass is 10.1. The Morgan fingerprint density at radius 1 is 1.07 bits per heavy atom. The fourth-order valence-electron chi connectivity index (χ4n) is 3.08. The third-order valence-corrected chi connectivity index (χ3v) is 4.51. The van der Waals surface area contributed by atoms with E-state index in [9.17, 15) is 13.6 Å². The predicted octanol–water partition coefficient (Wildman–Crippen LogP) is 3.04. The molecule has 0 spiro atoms. The minimum atomic E-state index is -0.547. The lowest BCUT2D eigenvalue weighted by Gasteiger charge is -2.28. The van der Waals surface area contributed by atoms with E-state index in [1.54, 1.807) is 17.0 Å². The maximum absolute atomic E-state index is 13.1. The standard InChI is InChI=1S/C20H17F2N3O2/c21-16-7-3-13(4-8-16)18-23-19(27-24-18)15-2-1-11-25(12-15)20(26)14-5-9-17(22)10-6-14/h2-10,19H,1,11-12H2,(H,23,24)/t19-/m0/s1. The van der Waals surface area contributed by atoms with Crippen LogP contribution in [0.4, 0.5) is 8.78 Å². The van der Waals surface area contributed by atoms with Gasteiger partial charge in [0.15, 0.2) is 5.84 Å². The molecule has 1 amide bonds. The number of nitrogens with one attached hydrogen (secondary N) is 1. The molecule has 2 heterocycles. The van der Waals surface area contributed by atoms with Crippen molar-refractivity contribution in [2.24, 2.45) is 4.99 Å². The van der Waals surface area contributed by atoms with Crippen LogP contribution in [-0.4, -0.2) is 36.0 Å². The lowest BCUT2D eigenvalue weighted by molar-refractivity contribution is 0.0514. The summed E-state index contributed by atoms with van der Waals surface area (Å²) in [7, 11) is 0. The Labute approximate surface area is 154 Å². The number of benzene rings is 2. The maximum atomic E-state index is 13.1. The Balaban J connectivity index is 1.47. The average Bonchev–Trinajstić information content (AvgIpc) is 3.19. The largest absolute Gasteiger partial charge is 0.334 e. The van der Waals surface area contributed by atoms with Crippen molar-refractivity contribution in [2.75, 3.05) is 13.1 Å². The highest BCUT2D eigenvalue weighted by molar-refractivity contribution is 5.99. The van der Waals surface area contributed by atoms with Crippen molar-refractivity contribution in [2.45, 2.75) is 12.6 Å². The zero-order valence-corrected chi connectivity index (χ0v) is 14.4. The molecule has 0 fully saturated rings. The number of hydrogen-bond donors (Lipinski definition) is 1. The van der Waals surface area contributed by atoms with E-state index >= 15 is 0 Å². The lowest BCUT2D eigenvalue weighted by Crippen LogP contribution is -2.38. The first-order chi connectivity index (χ1) is 13.1. The van der Waals surface area contributed by atoms with Crippen molar-refractivity contribution in [3.8, 4) is 0 Å². The molecule has 2 aromatic carbocycles. The second-order valence-electron chi connectivity index (χ2n) is 6.36. The van der Waals surface area contributed by atoms with Gasteiger partial charge in [-0.25, -0.2) is 24.1 Å². The fourth-order valence-corrected chi connectivity index (χ4v) is 3.08. The summed E-state index contributed by atoms with van der Waals surface area (Å²) in [6.07, 6.45) is 2.15. The van der Waals surface area contributed by atoms with Crippen molar-refractivity contribution in [1.29, 1.82) is 0 Å². The first kappa shape index (κ1) is 17.4. The van der Waals surface area contributed by atoms with Crippen LogP contribution in [0.1, 0.15) is 22.3 Å². The number of hydroxylamine groups is 1. The van der Waals surface area contributed by atoms with E-state index in [4.69, 9.17) is 4.84 Å². The molecule has 27 heavy (non-hydrogen) atoms. The monoisotopic (exact) mass is 369 g/mol.